The Morgan fingerprint density at radius 1 is 0.714 bits per heavy atom. The van der Waals surface area contributed by atoms with Crippen LogP contribution in [-0.4, -0.2) is 28.1 Å². The average Bonchev–Trinajstić information content (AvgIpc) is 3.25. The van der Waals surface area contributed by atoms with Crippen molar-refractivity contribution >= 4 is 5.91 Å². The Morgan fingerprint density at radius 3 is 1.83 bits per heavy atom. The molecule has 35 heavy (non-hydrogen) atoms. The minimum atomic E-state index is -0.892. The van der Waals surface area contributed by atoms with E-state index in [0.29, 0.717) is 13.0 Å². The number of aliphatic hydroxyl groups is 1. The Labute approximate surface area is 206 Å². The normalized spacial score (nSPS) is 19.5. The van der Waals surface area contributed by atoms with Crippen molar-refractivity contribution in [2.75, 3.05) is 0 Å². The van der Waals surface area contributed by atoms with Gasteiger partial charge in [-0.05, 0) is 28.7 Å². The smallest absolute Gasteiger partial charge is 0.244 e. The summed E-state index contributed by atoms with van der Waals surface area (Å²) in [6.45, 7) is 0.476. The van der Waals surface area contributed by atoms with Crippen molar-refractivity contribution in [2.45, 2.75) is 37.2 Å². The summed E-state index contributed by atoms with van der Waals surface area (Å²) in [7, 11) is 0. The molecule has 0 aliphatic carbocycles. The van der Waals surface area contributed by atoms with Crippen molar-refractivity contribution in [3.05, 3.63) is 144 Å². The third-order valence-corrected chi connectivity index (χ3v) is 6.79. The van der Waals surface area contributed by atoms with Gasteiger partial charge in [-0.2, -0.15) is 0 Å². The fourth-order valence-electron chi connectivity index (χ4n) is 4.98. The first-order valence-corrected chi connectivity index (χ1v) is 12.1. The molecule has 1 aliphatic heterocycles. The molecule has 2 unspecified atom stereocenters. The van der Waals surface area contributed by atoms with Crippen LogP contribution in [0.1, 0.15) is 34.3 Å². The molecule has 4 heteroatoms. The first kappa shape index (κ1) is 23.0. The zero-order chi connectivity index (χ0) is 24.0. The summed E-state index contributed by atoms with van der Waals surface area (Å²) in [6.07, 6.45) is -0.555. The van der Waals surface area contributed by atoms with E-state index < -0.39 is 12.1 Å². The molecule has 2 N–H and O–H groups in total. The van der Waals surface area contributed by atoms with Crippen LogP contribution >= 0.6 is 0 Å². The number of aliphatic hydroxyl groups excluding tert-OH is 1. The molecule has 0 spiro atoms. The van der Waals surface area contributed by atoms with Gasteiger partial charge in [-0.3, -0.25) is 10.1 Å². The Balaban J connectivity index is 1.47. The monoisotopic (exact) mass is 462 g/mol. The standard InChI is InChI=1S/C31H30N2O2/c34-29(27(25-17-9-3-10-18-25)21-23-13-5-1-6-14-23)28-31(35)33(22-24-15-7-2-8-16-24)30(32-28)26-19-11-4-12-20-26/h1-20,27-30,32,34H,21-22H2/t27?,28-,29+,30?/m0/s1. The van der Waals surface area contributed by atoms with E-state index in [0.717, 1.165) is 22.3 Å². The summed E-state index contributed by atoms with van der Waals surface area (Å²) in [6, 6.07) is 39.4. The van der Waals surface area contributed by atoms with Crippen LogP contribution in [0.15, 0.2) is 121 Å². The van der Waals surface area contributed by atoms with Crippen LogP contribution in [0.2, 0.25) is 0 Å². The van der Waals surface area contributed by atoms with Crippen LogP contribution in [0.25, 0.3) is 0 Å². The van der Waals surface area contributed by atoms with E-state index in [1.54, 1.807) is 0 Å². The molecular formula is C31H30N2O2. The van der Waals surface area contributed by atoms with Crippen molar-refractivity contribution in [2.24, 2.45) is 0 Å². The lowest BCUT2D eigenvalue weighted by Crippen LogP contribution is -2.44. The third kappa shape index (κ3) is 5.19. The van der Waals surface area contributed by atoms with E-state index in [4.69, 9.17) is 0 Å². The molecule has 0 aromatic heterocycles. The molecule has 1 aliphatic rings. The van der Waals surface area contributed by atoms with Crippen molar-refractivity contribution in [1.29, 1.82) is 0 Å². The Morgan fingerprint density at radius 2 is 1.23 bits per heavy atom. The summed E-state index contributed by atoms with van der Waals surface area (Å²) in [5.74, 6) is -0.308. The van der Waals surface area contributed by atoms with Gasteiger partial charge in [-0.15, -0.1) is 0 Å². The number of hydrogen-bond acceptors (Lipinski definition) is 3. The van der Waals surface area contributed by atoms with Gasteiger partial charge < -0.3 is 10.0 Å². The lowest BCUT2D eigenvalue weighted by atomic mass is 9.84. The maximum Gasteiger partial charge on any atom is 0.244 e. The second-order valence-corrected chi connectivity index (χ2v) is 9.11. The molecule has 1 amide bonds. The molecule has 176 valence electrons. The van der Waals surface area contributed by atoms with E-state index in [9.17, 15) is 9.90 Å². The van der Waals surface area contributed by atoms with Crippen molar-refractivity contribution in [1.82, 2.24) is 10.2 Å². The number of benzene rings is 4. The molecule has 0 saturated carbocycles. The number of nitrogens with zero attached hydrogens (tertiary/aromatic N) is 1. The van der Waals surface area contributed by atoms with Gasteiger partial charge in [0.15, 0.2) is 0 Å². The molecule has 0 radical (unpaired) electrons. The van der Waals surface area contributed by atoms with E-state index >= 15 is 0 Å². The van der Waals surface area contributed by atoms with Crippen molar-refractivity contribution in [3.63, 3.8) is 0 Å². The van der Waals surface area contributed by atoms with Gasteiger partial charge in [0, 0.05) is 12.5 Å². The number of hydrogen-bond donors (Lipinski definition) is 2. The molecule has 5 rings (SSSR count). The quantitative estimate of drug-likeness (QED) is 0.384. The molecule has 0 bridgehead atoms. The number of nitrogens with one attached hydrogen (secondary N) is 1. The topological polar surface area (TPSA) is 52.6 Å². The second-order valence-electron chi connectivity index (χ2n) is 9.11. The number of rotatable bonds is 8. The highest BCUT2D eigenvalue weighted by atomic mass is 16.3. The largest absolute Gasteiger partial charge is 0.390 e. The van der Waals surface area contributed by atoms with E-state index in [1.165, 1.54) is 0 Å². The summed E-state index contributed by atoms with van der Waals surface area (Å²) in [4.78, 5) is 15.7. The summed E-state index contributed by atoms with van der Waals surface area (Å²) in [5.41, 5.74) is 4.22. The van der Waals surface area contributed by atoms with Gasteiger partial charge in [0.1, 0.15) is 12.2 Å². The van der Waals surface area contributed by atoms with E-state index in [1.807, 2.05) is 114 Å². The number of amides is 1. The second kappa shape index (κ2) is 10.7. The minimum Gasteiger partial charge on any atom is -0.390 e. The highest BCUT2D eigenvalue weighted by Gasteiger charge is 2.45. The van der Waals surface area contributed by atoms with Gasteiger partial charge >= 0.3 is 0 Å². The van der Waals surface area contributed by atoms with Gasteiger partial charge in [-0.1, -0.05) is 121 Å². The maximum atomic E-state index is 13.8. The van der Waals surface area contributed by atoms with Crippen LogP contribution in [0.5, 0.6) is 0 Å². The fourth-order valence-corrected chi connectivity index (χ4v) is 4.98. The van der Waals surface area contributed by atoms with Crippen LogP contribution in [0.4, 0.5) is 0 Å². The molecule has 4 aromatic carbocycles. The lowest BCUT2D eigenvalue weighted by Gasteiger charge is -2.27. The first-order chi connectivity index (χ1) is 17.2. The molecule has 1 fully saturated rings. The predicted molar refractivity (Wildman–Crippen MR) is 138 cm³/mol. The highest BCUT2D eigenvalue weighted by molar-refractivity contribution is 5.85. The molecular weight excluding hydrogens is 432 g/mol. The Bertz CT molecular complexity index is 1220. The van der Waals surface area contributed by atoms with Gasteiger partial charge in [0.05, 0.1) is 6.10 Å². The SMILES string of the molecule is O=C1[C@H]([C@H](O)C(Cc2ccccc2)c2ccccc2)NC(c2ccccc2)N1Cc1ccccc1. The van der Waals surface area contributed by atoms with Crippen molar-refractivity contribution in [3.8, 4) is 0 Å². The van der Waals surface area contributed by atoms with Crippen LogP contribution in [-0.2, 0) is 17.8 Å². The Hall–Kier alpha value is -3.73. The summed E-state index contributed by atoms with van der Waals surface area (Å²) in [5, 5.41) is 15.2. The zero-order valence-electron chi connectivity index (χ0n) is 19.6. The third-order valence-electron chi connectivity index (χ3n) is 6.79. The van der Waals surface area contributed by atoms with Crippen molar-refractivity contribution < 1.29 is 9.90 Å². The van der Waals surface area contributed by atoms with Crippen LogP contribution in [0, 0.1) is 0 Å². The lowest BCUT2D eigenvalue weighted by molar-refractivity contribution is -0.132. The average molecular weight is 463 g/mol. The number of carbonyl (C=O) groups excluding carboxylic acids is 1. The molecule has 1 saturated heterocycles. The van der Waals surface area contributed by atoms with E-state index in [2.05, 4.69) is 17.4 Å². The summed E-state index contributed by atoms with van der Waals surface area (Å²) < 4.78 is 0. The van der Waals surface area contributed by atoms with Crippen LogP contribution < -0.4 is 5.32 Å². The fraction of sp³-hybridized carbons (Fsp3) is 0.194. The highest BCUT2D eigenvalue weighted by Crippen LogP contribution is 2.33. The van der Waals surface area contributed by atoms with Gasteiger partial charge in [0.2, 0.25) is 5.91 Å². The van der Waals surface area contributed by atoms with Gasteiger partial charge in [0.25, 0.3) is 0 Å². The minimum absolute atomic E-state index is 0.0794. The molecule has 4 nitrogen and oxygen atoms in total. The predicted octanol–water partition coefficient (Wildman–Crippen LogP) is 5.07. The van der Waals surface area contributed by atoms with Gasteiger partial charge in [-0.25, -0.2) is 0 Å². The van der Waals surface area contributed by atoms with E-state index in [-0.39, 0.29) is 18.0 Å². The first-order valence-electron chi connectivity index (χ1n) is 12.1. The number of carbonyl (C=O) groups is 1. The van der Waals surface area contributed by atoms with Crippen LogP contribution in [0.3, 0.4) is 0 Å². The molecule has 1 heterocycles. The Kier molecular flexibility index (Phi) is 7.03. The summed E-state index contributed by atoms with van der Waals surface area (Å²) >= 11 is 0. The molecule has 4 atom stereocenters. The zero-order valence-corrected chi connectivity index (χ0v) is 19.6. The maximum absolute atomic E-state index is 13.8. The molecule has 4 aromatic rings.